The summed E-state index contributed by atoms with van der Waals surface area (Å²) in [7, 11) is 0. The average molecular weight is 283 g/mol. The summed E-state index contributed by atoms with van der Waals surface area (Å²) in [6.45, 7) is 5.42. The van der Waals surface area contributed by atoms with E-state index in [4.69, 9.17) is 16.0 Å². The van der Waals surface area contributed by atoms with E-state index in [0.29, 0.717) is 22.7 Å². The van der Waals surface area contributed by atoms with E-state index in [-0.39, 0.29) is 5.91 Å². The van der Waals surface area contributed by atoms with Gasteiger partial charge in [0.05, 0.1) is 17.6 Å². The molecule has 19 heavy (non-hydrogen) atoms. The standard InChI is InChI=1S/C13H15ClN2O3/c1-8(17)15-13(2,3)7-16-10-6-9(14)4-5-11(10)19-12(16)18/h4-6H,7H2,1-3H3,(H,15,17). The summed E-state index contributed by atoms with van der Waals surface area (Å²) in [5.41, 5.74) is 0.540. The zero-order chi connectivity index (χ0) is 14.2. The molecule has 0 saturated carbocycles. The number of aromatic nitrogens is 1. The number of carbonyl (C=O) groups is 1. The van der Waals surface area contributed by atoms with E-state index in [1.807, 2.05) is 13.8 Å². The lowest BCUT2D eigenvalue weighted by Crippen LogP contribution is -2.46. The molecular weight excluding hydrogens is 268 g/mol. The summed E-state index contributed by atoms with van der Waals surface area (Å²) in [6, 6.07) is 4.99. The normalized spacial score (nSPS) is 11.8. The summed E-state index contributed by atoms with van der Waals surface area (Å²) < 4.78 is 6.61. The Morgan fingerprint density at radius 2 is 2.16 bits per heavy atom. The number of nitrogens with one attached hydrogen (secondary N) is 1. The molecule has 0 bridgehead atoms. The number of oxazole rings is 1. The minimum absolute atomic E-state index is 0.149. The van der Waals surface area contributed by atoms with Gasteiger partial charge in [0.25, 0.3) is 0 Å². The second kappa shape index (κ2) is 4.74. The molecule has 2 rings (SSSR count). The number of rotatable bonds is 3. The number of hydrogen-bond acceptors (Lipinski definition) is 3. The fraction of sp³-hybridized carbons (Fsp3) is 0.385. The second-order valence-electron chi connectivity index (χ2n) is 5.13. The summed E-state index contributed by atoms with van der Waals surface area (Å²) in [5, 5.41) is 3.32. The van der Waals surface area contributed by atoms with Crippen LogP contribution in [0.4, 0.5) is 0 Å². The summed E-state index contributed by atoms with van der Waals surface area (Å²) in [5.74, 6) is -0.612. The molecular formula is C13H15ClN2O3. The summed E-state index contributed by atoms with van der Waals surface area (Å²) in [4.78, 5) is 23.0. The van der Waals surface area contributed by atoms with Crippen LogP contribution in [-0.2, 0) is 11.3 Å². The summed E-state index contributed by atoms with van der Waals surface area (Å²) >= 11 is 5.93. The van der Waals surface area contributed by atoms with E-state index in [2.05, 4.69) is 5.32 Å². The van der Waals surface area contributed by atoms with Crippen molar-refractivity contribution in [2.24, 2.45) is 0 Å². The van der Waals surface area contributed by atoms with Crippen molar-refractivity contribution in [3.05, 3.63) is 33.8 Å². The second-order valence-corrected chi connectivity index (χ2v) is 5.57. The number of amides is 1. The van der Waals surface area contributed by atoms with Crippen LogP contribution in [0, 0.1) is 0 Å². The highest BCUT2D eigenvalue weighted by Crippen LogP contribution is 2.20. The first-order valence-electron chi connectivity index (χ1n) is 5.86. The number of halogens is 1. The van der Waals surface area contributed by atoms with Crippen molar-refractivity contribution in [2.75, 3.05) is 0 Å². The van der Waals surface area contributed by atoms with Crippen LogP contribution in [0.1, 0.15) is 20.8 Å². The number of nitrogens with zero attached hydrogens (tertiary/aromatic N) is 1. The van der Waals surface area contributed by atoms with E-state index >= 15 is 0 Å². The Kier molecular flexibility index (Phi) is 3.41. The molecule has 0 atom stereocenters. The van der Waals surface area contributed by atoms with E-state index in [9.17, 15) is 9.59 Å². The first kappa shape index (κ1) is 13.7. The van der Waals surface area contributed by atoms with Gasteiger partial charge in [-0.15, -0.1) is 0 Å². The molecule has 2 aromatic rings. The van der Waals surface area contributed by atoms with Crippen molar-refractivity contribution < 1.29 is 9.21 Å². The number of carbonyl (C=O) groups excluding carboxylic acids is 1. The number of benzene rings is 1. The summed E-state index contributed by atoms with van der Waals surface area (Å²) in [6.07, 6.45) is 0. The fourth-order valence-corrected chi connectivity index (χ4v) is 2.26. The molecule has 1 aromatic heterocycles. The third-order valence-electron chi connectivity index (χ3n) is 2.70. The molecule has 0 aliphatic carbocycles. The molecule has 0 aliphatic rings. The quantitative estimate of drug-likeness (QED) is 0.938. The van der Waals surface area contributed by atoms with E-state index in [1.54, 1.807) is 18.2 Å². The Morgan fingerprint density at radius 1 is 1.47 bits per heavy atom. The van der Waals surface area contributed by atoms with Crippen LogP contribution in [0.15, 0.2) is 27.4 Å². The number of fused-ring (bicyclic) bond motifs is 1. The maximum Gasteiger partial charge on any atom is 0.420 e. The Labute approximate surface area is 115 Å². The topological polar surface area (TPSA) is 64.2 Å². The molecule has 1 aromatic carbocycles. The van der Waals surface area contributed by atoms with Gasteiger partial charge in [-0.1, -0.05) is 11.6 Å². The first-order valence-corrected chi connectivity index (χ1v) is 6.24. The van der Waals surface area contributed by atoms with Gasteiger partial charge in [0.2, 0.25) is 5.91 Å². The van der Waals surface area contributed by atoms with Gasteiger partial charge < -0.3 is 9.73 Å². The smallest absolute Gasteiger partial charge is 0.408 e. The zero-order valence-electron chi connectivity index (χ0n) is 11.0. The predicted molar refractivity (Wildman–Crippen MR) is 73.4 cm³/mol. The van der Waals surface area contributed by atoms with Gasteiger partial charge in [-0.3, -0.25) is 9.36 Å². The lowest BCUT2D eigenvalue weighted by atomic mass is 10.1. The maximum atomic E-state index is 11.9. The molecule has 6 heteroatoms. The maximum absolute atomic E-state index is 11.9. The molecule has 1 amide bonds. The third-order valence-corrected chi connectivity index (χ3v) is 2.93. The van der Waals surface area contributed by atoms with Crippen LogP contribution in [0.5, 0.6) is 0 Å². The molecule has 0 aliphatic heterocycles. The van der Waals surface area contributed by atoms with Crippen LogP contribution in [0.3, 0.4) is 0 Å². The Balaban J connectivity index is 2.45. The monoisotopic (exact) mass is 282 g/mol. The molecule has 0 fully saturated rings. The number of hydrogen-bond donors (Lipinski definition) is 1. The van der Waals surface area contributed by atoms with Crippen LogP contribution in [0.25, 0.3) is 11.1 Å². The van der Waals surface area contributed by atoms with Gasteiger partial charge in [0.15, 0.2) is 5.58 Å². The van der Waals surface area contributed by atoms with Crippen molar-refractivity contribution in [1.29, 1.82) is 0 Å². The van der Waals surface area contributed by atoms with Crippen molar-refractivity contribution in [2.45, 2.75) is 32.9 Å². The van der Waals surface area contributed by atoms with Crippen molar-refractivity contribution >= 4 is 28.6 Å². The Morgan fingerprint density at radius 3 is 2.79 bits per heavy atom. The van der Waals surface area contributed by atoms with Gasteiger partial charge in [-0.25, -0.2) is 4.79 Å². The highest BCUT2D eigenvalue weighted by molar-refractivity contribution is 6.31. The fourth-order valence-electron chi connectivity index (χ4n) is 2.10. The molecule has 102 valence electrons. The Hall–Kier alpha value is -1.75. The predicted octanol–water partition coefficient (Wildman–Crippen LogP) is 2.16. The van der Waals surface area contributed by atoms with Gasteiger partial charge in [-0.05, 0) is 32.0 Å². The van der Waals surface area contributed by atoms with Crippen molar-refractivity contribution in [1.82, 2.24) is 9.88 Å². The molecule has 1 N–H and O–H groups in total. The first-order chi connectivity index (χ1) is 8.78. The van der Waals surface area contributed by atoms with E-state index in [0.717, 1.165) is 0 Å². The molecule has 5 nitrogen and oxygen atoms in total. The highest BCUT2D eigenvalue weighted by Gasteiger charge is 2.22. The minimum atomic E-state index is -0.561. The Bertz CT molecular complexity index is 685. The van der Waals surface area contributed by atoms with Crippen LogP contribution in [-0.4, -0.2) is 16.0 Å². The van der Waals surface area contributed by atoms with Gasteiger partial charge in [0, 0.05) is 11.9 Å². The molecule has 0 unspecified atom stereocenters. The lowest BCUT2D eigenvalue weighted by Gasteiger charge is -2.25. The van der Waals surface area contributed by atoms with Crippen LogP contribution < -0.4 is 11.1 Å². The zero-order valence-corrected chi connectivity index (χ0v) is 11.7. The third kappa shape index (κ3) is 2.98. The van der Waals surface area contributed by atoms with Crippen LogP contribution in [0.2, 0.25) is 5.02 Å². The molecule has 0 radical (unpaired) electrons. The average Bonchev–Trinajstić information content (AvgIpc) is 2.53. The molecule has 0 spiro atoms. The highest BCUT2D eigenvalue weighted by atomic mass is 35.5. The lowest BCUT2D eigenvalue weighted by molar-refractivity contribution is -0.120. The molecule has 0 saturated heterocycles. The van der Waals surface area contributed by atoms with Crippen molar-refractivity contribution in [3.8, 4) is 0 Å². The minimum Gasteiger partial charge on any atom is -0.408 e. The van der Waals surface area contributed by atoms with E-state index in [1.165, 1.54) is 11.5 Å². The van der Waals surface area contributed by atoms with E-state index < -0.39 is 11.3 Å². The van der Waals surface area contributed by atoms with Crippen molar-refractivity contribution in [3.63, 3.8) is 0 Å². The van der Waals surface area contributed by atoms with Crippen LogP contribution >= 0.6 is 11.6 Å². The van der Waals surface area contributed by atoms with Gasteiger partial charge >= 0.3 is 5.76 Å². The molecule has 1 heterocycles. The SMILES string of the molecule is CC(=O)NC(C)(C)Cn1c(=O)oc2ccc(Cl)cc21. The largest absolute Gasteiger partial charge is 0.420 e. The van der Waals surface area contributed by atoms with Gasteiger partial charge in [-0.2, -0.15) is 0 Å². The van der Waals surface area contributed by atoms with Gasteiger partial charge in [0.1, 0.15) is 0 Å².